The minimum atomic E-state index is 0.489. The summed E-state index contributed by atoms with van der Waals surface area (Å²) in [5.41, 5.74) is 8.19. The lowest BCUT2D eigenvalue weighted by Gasteiger charge is -2.38. The molecular formula is C17H23N5. The van der Waals surface area contributed by atoms with Gasteiger partial charge in [0.2, 0.25) is 5.95 Å². The van der Waals surface area contributed by atoms with Gasteiger partial charge in [-0.25, -0.2) is 9.97 Å². The summed E-state index contributed by atoms with van der Waals surface area (Å²) in [6.07, 6.45) is 4.60. The van der Waals surface area contributed by atoms with Gasteiger partial charge in [-0.05, 0) is 31.0 Å². The summed E-state index contributed by atoms with van der Waals surface area (Å²) in [5.74, 6) is 0.835. The van der Waals surface area contributed by atoms with Gasteiger partial charge in [-0.3, -0.25) is 4.90 Å². The van der Waals surface area contributed by atoms with Crippen molar-refractivity contribution in [2.75, 3.05) is 36.8 Å². The molecule has 1 aromatic heterocycles. The van der Waals surface area contributed by atoms with E-state index in [1.807, 2.05) is 18.2 Å². The van der Waals surface area contributed by atoms with Crippen LogP contribution in [0.1, 0.15) is 12.5 Å². The number of nitrogens with two attached hydrogens (primary N) is 1. The summed E-state index contributed by atoms with van der Waals surface area (Å²) in [6.45, 7) is 6.29. The minimum Gasteiger partial charge on any atom is -0.399 e. The highest BCUT2D eigenvalue weighted by atomic mass is 15.3. The van der Waals surface area contributed by atoms with Crippen molar-refractivity contribution in [2.45, 2.75) is 19.4 Å². The molecule has 2 heterocycles. The molecule has 2 aromatic rings. The molecule has 0 saturated carbocycles. The largest absolute Gasteiger partial charge is 0.399 e. The number of nitrogen functional groups attached to an aromatic ring is 1. The number of piperazine rings is 1. The molecule has 116 valence electrons. The number of anilines is 2. The molecule has 5 nitrogen and oxygen atoms in total. The molecule has 1 saturated heterocycles. The topological polar surface area (TPSA) is 58.3 Å². The Kier molecular flexibility index (Phi) is 4.53. The molecule has 3 rings (SSSR count). The van der Waals surface area contributed by atoms with Crippen LogP contribution in [-0.4, -0.2) is 47.1 Å². The van der Waals surface area contributed by atoms with Gasteiger partial charge in [0.05, 0.1) is 0 Å². The van der Waals surface area contributed by atoms with Crippen LogP contribution in [0.2, 0.25) is 0 Å². The first-order chi connectivity index (χ1) is 10.7. The van der Waals surface area contributed by atoms with Gasteiger partial charge >= 0.3 is 0 Å². The number of para-hydroxylation sites is 1. The molecule has 1 fully saturated rings. The molecule has 2 N–H and O–H groups in total. The summed E-state index contributed by atoms with van der Waals surface area (Å²) < 4.78 is 0. The van der Waals surface area contributed by atoms with Crippen molar-refractivity contribution in [1.29, 1.82) is 0 Å². The summed E-state index contributed by atoms with van der Waals surface area (Å²) >= 11 is 0. The van der Waals surface area contributed by atoms with E-state index in [1.165, 1.54) is 5.56 Å². The lowest BCUT2D eigenvalue weighted by molar-refractivity contribution is 0.195. The fourth-order valence-electron chi connectivity index (χ4n) is 2.98. The monoisotopic (exact) mass is 297 g/mol. The van der Waals surface area contributed by atoms with E-state index in [1.54, 1.807) is 12.4 Å². The Labute approximate surface area is 131 Å². The molecule has 1 aliphatic heterocycles. The average Bonchev–Trinajstić information content (AvgIpc) is 2.58. The minimum absolute atomic E-state index is 0.489. The predicted molar refractivity (Wildman–Crippen MR) is 89.8 cm³/mol. The highest BCUT2D eigenvalue weighted by Crippen LogP contribution is 2.17. The third-order valence-corrected chi connectivity index (χ3v) is 4.34. The van der Waals surface area contributed by atoms with Crippen molar-refractivity contribution in [3.63, 3.8) is 0 Å². The SMILES string of the molecule is CC(Cc1ccccc1N)N1CCN(c2ncccn2)CC1. The van der Waals surface area contributed by atoms with Gasteiger partial charge in [-0.15, -0.1) is 0 Å². The summed E-state index contributed by atoms with van der Waals surface area (Å²) in [6, 6.07) is 10.5. The summed E-state index contributed by atoms with van der Waals surface area (Å²) in [7, 11) is 0. The first-order valence-electron chi connectivity index (χ1n) is 7.83. The van der Waals surface area contributed by atoms with Crippen molar-refractivity contribution in [3.05, 3.63) is 48.3 Å². The van der Waals surface area contributed by atoms with E-state index in [2.05, 4.69) is 38.8 Å². The van der Waals surface area contributed by atoms with Crippen LogP contribution in [0, 0.1) is 0 Å². The van der Waals surface area contributed by atoms with Crippen LogP contribution in [0.15, 0.2) is 42.7 Å². The first-order valence-corrected chi connectivity index (χ1v) is 7.83. The molecule has 5 heteroatoms. The fourth-order valence-corrected chi connectivity index (χ4v) is 2.98. The lowest BCUT2D eigenvalue weighted by atomic mass is 10.0. The van der Waals surface area contributed by atoms with E-state index in [0.717, 1.165) is 44.2 Å². The standard InChI is InChI=1S/C17H23N5/c1-14(13-15-5-2-3-6-16(15)18)21-9-11-22(12-10-21)17-19-7-4-8-20-17/h2-8,14H,9-13,18H2,1H3. The van der Waals surface area contributed by atoms with Crippen molar-refractivity contribution in [3.8, 4) is 0 Å². The van der Waals surface area contributed by atoms with Gasteiger partial charge in [0.15, 0.2) is 0 Å². The molecule has 1 aromatic carbocycles. The Bertz CT molecular complexity index is 593. The molecule has 0 radical (unpaired) electrons. The molecule has 22 heavy (non-hydrogen) atoms. The van der Waals surface area contributed by atoms with E-state index >= 15 is 0 Å². The van der Waals surface area contributed by atoms with Gasteiger partial charge in [-0.2, -0.15) is 0 Å². The second-order valence-electron chi connectivity index (χ2n) is 5.82. The Hall–Kier alpha value is -2.14. The van der Waals surface area contributed by atoms with E-state index in [4.69, 9.17) is 5.73 Å². The zero-order valence-electron chi connectivity index (χ0n) is 13.0. The Morgan fingerprint density at radius 1 is 1.05 bits per heavy atom. The third kappa shape index (κ3) is 3.36. The number of hydrogen-bond donors (Lipinski definition) is 1. The number of nitrogens with zero attached hydrogens (tertiary/aromatic N) is 4. The molecule has 0 aliphatic carbocycles. The van der Waals surface area contributed by atoms with Gasteiger partial charge in [0, 0.05) is 50.3 Å². The quantitative estimate of drug-likeness (QED) is 0.872. The van der Waals surface area contributed by atoms with Crippen LogP contribution < -0.4 is 10.6 Å². The second-order valence-corrected chi connectivity index (χ2v) is 5.82. The maximum Gasteiger partial charge on any atom is 0.225 e. The number of aromatic nitrogens is 2. The van der Waals surface area contributed by atoms with Crippen molar-refractivity contribution < 1.29 is 0 Å². The maximum absolute atomic E-state index is 6.05. The van der Waals surface area contributed by atoms with E-state index in [-0.39, 0.29) is 0 Å². The Morgan fingerprint density at radius 2 is 1.73 bits per heavy atom. The smallest absolute Gasteiger partial charge is 0.225 e. The van der Waals surface area contributed by atoms with Gasteiger partial charge in [0.1, 0.15) is 0 Å². The Morgan fingerprint density at radius 3 is 2.41 bits per heavy atom. The number of hydrogen-bond acceptors (Lipinski definition) is 5. The van der Waals surface area contributed by atoms with Crippen LogP contribution in [0.3, 0.4) is 0 Å². The molecule has 0 bridgehead atoms. The maximum atomic E-state index is 6.05. The van der Waals surface area contributed by atoms with Crippen LogP contribution in [0.25, 0.3) is 0 Å². The van der Waals surface area contributed by atoms with Gasteiger partial charge in [0.25, 0.3) is 0 Å². The van der Waals surface area contributed by atoms with Crippen LogP contribution in [0.5, 0.6) is 0 Å². The fraction of sp³-hybridized carbons (Fsp3) is 0.412. The van der Waals surface area contributed by atoms with Crippen molar-refractivity contribution >= 4 is 11.6 Å². The normalized spacial score (nSPS) is 17.4. The van der Waals surface area contributed by atoms with E-state index in [0.29, 0.717) is 6.04 Å². The predicted octanol–water partition coefficient (Wildman–Crippen LogP) is 1.81. The lowest BCUT2D eigenvalue weighted by Crippen LogP contribution is -2.50. The van der Waals surface area contributed by atoms with Crippen LogP contribution in [-0.2, 0) is 6.42 Å². The van der Waals surface area contributed by atoms with Crippen molar-refractivity contribution in [1.82, 2.24) is 14.9 Å². The average molecular weight is 297 g/mol. The summed E-state index contributed by atoms with van der Waals surface area (Å²) in [4.78, 5) is 13.4. The zero-order valence-corrected chi connectivity index (χ0v) is 13.0. The highest BCUT2D eigenvalue weighted by Gasteiger charge is 2.22. The second kappa shape index (κ2) is 6.75. The van der Waals surface area contributed by atoms with Crippen LogP contribution >= 0.6 is 0 Å². The molecule has 0 amide bonds. The zero-order chi connectivity index (χ0) is 15.4. The first kappa shape index (κ1) is 14.8. The van der Waals surface area contributed by atoms with E-state index < -0.39 is 0 Å². The third-order valence-electron chi connectivity index (χ3n) is 4.34. The van der Waals surface area contributed by atoms with Crippen molar-refractivity contribution in [2.24, 2.45) is 0 Å². The highest BCUT2D eigenvalue weighted by molar-refractivity contribution is 5.46. The molecular weight excluding hydrogens is 274 g/mol. The van der Waals surface area contributed by atoms with Crippen LogP contribution in [0.4, 0.5) is 11.6 Å². The molecule has 1 unspecified atom stereocenters. The molecule has 1 atom stereocenters. The van der Waals surface area contributed by atoms with Gasteiger partial charge in [-0.1, -0.05) is 18.2 Å². The summed E-state index contributed by atoms with van der Waals surface area (Å²) in [5, 5.41) is 0. The molecule has 1 aliphatic rings. The number of rotatable bonds is 4. The molecule has 0 spiro atoms. The van der Waals surface area contributed by atoms with Gasteiger partial charge < -0.3 is 10.6 Å². The van der Waals surface area contributed by atoms with E-state index in [9.17, 15) is 0 Å². The number of benzene rings is 1. The Balaban J connectivity index is 1.56.